The fraction of sp³-hybridized carbons (Fsp3) is 0.500. The maximum atomic E-state index is 10.4. The third-order valence-corrected chi connectivity index (χ3v) is 3.05. The first kappa shape index (κ1) is 15.8. The highest BCUT2D eigenvalue weighted by Crippen LogP contribution is 2.16. The van der Waals surface area contributed by atoms with Gasteiger partial charge in [0.15, 0.2) is 0 Å². The van der Waals surface area contributed by atoms with Crippen LogP contribution in [0.15, 0.2) is 24.3 Å². The zero-order valence-corrected chi connectivity index (χ0v) is 11.6. The first-order chi connectivity index (χ1) is 9.17. The van der Waals surface area contributed by atoms with Crippen molar-refractivity contribution < 1.29 is 15.0 Å². The van der Waals surface area contributed by atoms with E-state index in [-0.39, 0.29) is 13.0 Å². The standard InChI is InChI=1S/C14H20ClNO3/c15-8-9-16(10-11-17)13-6-4-12(5-7-13)2-1-3-14(18)19/h4-7,17H,1-3,8-11H2,(H,18,19). The first-order valence-electron chi connectivity index (χ1n) is 6.40. The molecule has 2 N–H and O–H groups in total. The van der Waals surface area contributed by atoms with Crippen LogP contribution in [0.5, 0.6) is 0 Å². The smallest absolute Gasteiger partial charge is 0.303 e. The van der Waals surface area contributed by atoms with Gasteiger partial charge in [0, 0.05) is 31.1 Å². The number of benzene rings is 1. The lowest BCUT2D eigenvalue weighted by Gasteiger charge is -2.23. The summed E-state index contributed by atoms with van der Waals surface area (Å²) in [7, 11) is 0. The van der Waals surface area contributed by atoms with E-state index >= 15 is 0 Å². The van der Waals surface area contributed by atoms with E-state index < -0.39 is 5.97 Å². The summed E-state index contributed by atoms with van der Waals surface area (Å²) in [6, 6.07) is 7.96. The summed E-state index contributed by atoms with van der Waals surface area (Å²) in [5, 5.41) is 17.6. The number of alkyl halides is 1. The summed E-state index contributed by atoms with van der Waals surface area (Å²) in [6.45, 7) is 1.35. The third-order valence-electron chi connectivity index (χ3n) is 2.88. The Hall–Kier alpha value is -1.26. The number of hydrogen-bond acceptors (Lipinski definition) is 3. The molecule has 19 heavy (non-hydrogen) atoms. The third kappa shape index (κ3) is 5.94. The number of anilines is 1. The molecular weight excluding hydrogens is 266 g/mol. The molecule has 0 aliphatic rings. The van der Waals surface area contributed by atoms with E-state index in [9.17, 15) is 4.79 Å². The number of hydrogen-bond donors (Lipinski definition) is 2. The quantitative estimate of drug-likeness (QED) is 0.683. The van der Waals surface area contributed by atoms with Crippen molar-refractivity contribution in [2.45, 2.75) is 19.3 Å². The van der Waals surface area contributed by atoms with Crippen LogP contribution in [0.4, 0.5) is 5.69 Å². The van der Waals surface area contributed by atoms with Crippen LogP contribution in [0, 0.1) is 0 Å². The molecule has 1 aromatic carbocycles. The van der Waals surface area contributed by atoms with Crippen LogP contribution < -0.4 is 4.90 Å². The number of aliphatic hydroxyl groups is 1. The molecule has 0 heterocycles. The molecule has 0 saturated carbocycles. The highest BCUT2D eigenvalue weighted by molar-refractivity contribution is 6.18. The molecule has 0 saturated heterocycles. The average molecular weight is 286 g/mol. The zero-order valence-electron chi connectivity index (χ0n) is 10.9. The number of rotatable bonds is 9. The Bertz CT molecular complexity index is 375. The van der Waals surface area contributed by atoms with Crippen molar-refractivity contribution >= 4 is 23.3 Å². The van der Waals surface area contributed by atoms with E-state index in [4.69, 9.17) is 21.8 Å². The monoisotopic (exact) mass is 285 g/mol. The topological polar surface area (TPSA) is 60.8 Å². The molecule has 0 spiro atoms. The molecule has 0 fully saturated rings. The van der Waals surface area contributed by atoms with Crippen molar-refractivity contribution in [1.82, 2.24) is 0 Å². The van der Waals surface area contributed by atoms with E-state index in [1.807, 2.05) is 29.2 Å². The summed E-state index contributed by atoms with van der Waals surface area (Å²) in [6.07, 6.45) is 1.61. The van der Waals surface area contributed by atoms with Crippen LogP contribution in [-0.4, -0.2) is 41.8 Å². The Morgan fingerprint density at radius 2 is 1.89 bits per heavy atom. The minimum atomic E-state index is -0.757. The maximum absolute atomic E-state index is 10.4. The number of halogens is 1. The molecule has 0 aliphatic heterocycles. The SMILES string of the molecule is O=C(O)CCCc1ccc(N(CCO)CCCl)cc1. The summed E-state index contributed by atoms with van der Waals surface area (Å²) >= 11 is 5.73. The fourth-order valence-electron chi connectivity index (χ4n) is 1.91. The molecule has 0 atom stereocenters. The Balaban J connectivity index is 2.55. The summed E-state index contributed by atoms with van der Waals surface area (Å²) in [4.78, 5) is 12.5. The average Bonchev–Trinajstić information content (AvgIpc) is 2.39. The highest BCUT2D eigenvalue weighted by Gasteiger charge is 2.05. The number of carboxylic acids is 1. The number of carboxylic acid groups (broad SMARTS) is 1. The lowest BCUT2D eigenvalue weighted by molar-refractivity contribution is -0.137. The predicted octanol–water partition coefficient (Wildman–Crippen LogP) is 2.13. The van der Waals surface area contributed by atoms with E-state index in [2.05, 4.69) is 0 Å². The molecule has 1 aromatic rings. The van der Waals surface area contributed by atoms with E-state index in [0.29, 0.717) is 25.4 Å². The van der Waals surface area contributed by atoms with Crippen LogP contribution in [0.25, 0.3) is 0 Å². The Kier molecular flexibility index (Phi) is 7.30. The molecular formula is C14H20ClNO3. The summed E-state index contributed by atoms with van der Waals surface area (Å²) in [5.74, 6) is -0.242. The summed E-state index contributed by atoms with van der Waals surface area (Å²) < 4.78 is 0. The van der Waals surface area contributed by atoms with Gasteiger partial charge in [-0.25, -0.2) is 0 Å². The fourth-order valence-corrected chi connectivity index (χ4v) is 2.11. The maximum Gasteiger partial charge on any atom is 0.303 e. The van der Waals surface area contributed by atoms with Gasteiger partial charge >= 0.3 is 5.97 Å². The molecule has 4 nitrogen and oxygen atoms in total. The van der Waals surface area contributed by atoms with Crippen molar-refractivity contribution in [3.63, 3.8) is 0 Å². The van der Waals surface area contributed by atoms with Gasteiger partial charge < -0.3 is 15.1 Å². The normalized spacial score (nSPS) is 10.4. The Labute approximate surface area is 118 Å². The minimum Gasteiger partial charge on any atom is -0.481 e. The second-order valence-electron chi connectivity index (χ2n) is 4.31. The predicted molar refractivity (Wildman–Crippen MR) is 77.0 cm³/mol. The Morgan fingerprint density at radius 1 is 1.21 bits per heavy atom. The lowest BCUT2D eigenvalue weighted by Crippen LogP contribution is -2.28. The van der Waals surface area contributed by atoms with Crippen LogP contribution >= 0.6 is 11.6 Å². The van der Waals surface area contributed by atoms with Gasteiger partial charge in [0.05, 0.1) is 6.61 Å². The zero-order chi connectivity index (χ0) is 14.1. The van der Waals surface area contributed by atoms with Crippen LogP contribution in [0.2, 0.25) is 0 Å². The van der Waals surface area contributed by atoms with E-state index in [0.717, 1.165) is 17.7 Å². The molecule has 0 aliphatic carbocycles. The number of carbonyl (C=O) groups is 1. The second kappa shape index (κ2) is 8.77. The van der Waals surface area contributed by atoms with Crippen molar-refractivity contribution in [2.75, 3.05) is 30.5 Å². The van der Waals surface area contributed by atoms with Gasteiger partial charge in [0.25, 0.3) is 0 Å². The van der Waals surface area contributed by atoms with Crippen molar-refractivity contribution in [3.05, 3.63) is 29.8 Å². The van der Waals surface area contributed by atoms with Crippen LogP contribution in [0.3, 0.4) is 0 Å². The van der Waals surface area contributed by atoms with Gasteiger partial charge in [0.1, 0.15) is 0 Å². The molecule has 106 valence electrons. The Morgan fingerprint density at radius 3 is 2.42 bits per heavy atom. The van der Waals surface area contributed by atoms with Gasteiger partial charge in [-0.2, -0.15) is 0 Å². The van der Waals surface area contributed by atoms with Gasteiger partial charge in [-0.3, -0.25) is 4.79 Å². The van der Waals surface area contributed by atoms with E-state index in [1.165, 1.54) is 0 Å². The molecule has 0 amide bonds. The van der Waals surface area contributed by atoms with Crippen molar-refractivity contribution in [2.24, 2.45) is 0 Å². The van der Waals surface area contributed by atoms with Crippen LogP contribution in [0.1, 0.15) is 18.4 Å². The molecule has 0 unspecified atom stereocenters. The highest BCUT2D eigenvalue weighted by atomic mass is 35.5. The van der Waals surface area contributed by atoms with Crippen LogP contribution in [-0.2, 0) is 11.2 Å². The largest absolute Gasteiger partial charge is 0.481 e. The minimum absolute atomic E-state index is 0.0945. The van der Waals surface area contributed by atoms with Gasteiger partial charge in [-0.05, 0) is 30.5 Å². The van der Waals surface area contributed by atoms with Gasteiger partial charge in [-0.15, -0.1) is 11.6 Å². The molecule has 0 aromatic heterocycles. The molecule has 0 bridgehead atoms. The number of nitrogens with zero attached hydrogens (tertiary/aromatic N) is 1. The summed E-state index contributed by atoms with van der Waals surface area (Å²) in [5.41, 5.74) is 2.15. The first-order valence-corrected chi connectivity index (χ1v) is 6.93. The number of aliphatic carboxylic acids is 1. The number of aliphatic hydroxyl groups excluding tert-OH is 1. The van der Waals surface area contributed by atoms with E-state index in [1.54, 1.807) is 0 Å². The molecule has 1 rings (SSSR count). The van der Waals surface area contributed by atoms with Crippen molar-refractivity contribution in [1.29, 1.82) is 0 Å². The lowest BCUT2D eigenvalue weighted by atomic mass is 10.1. The van der Waals surface area contributed by atoms with Gasteiger partial charge in [-0.1, -0.05) is 12.1 Å². The molecule has 0 radical (unpaired) electrons. The molecule has 5 heteroatoms. The van der Waals surface area contributed by atoms with Gasteiger partial charge in [0.2, 0.25) is 0 Å². The van der Waals surface area contributed by atoms with Crippen molar-refractivity contribution in [3.8, 4) is 0 Å². The second-order valence-corrected chi connectivity index (χ2v) is 4.69. The number of aryl methyl sites for hydroxylation is 1.